The lowest BCUT2D eigenvalue weighted by molar-refractivity contribution is 0.576. The first-order valence-electron chi connectivity index (χ1n) is 5.35. The first kappa shape index (κ1) is 9.91. The molecule has 0 atom stereocenters. The molecule has 0 unspecified atom stereocenters. The standard InChI is InChI=1S/C11H12BrClN2/c12-7-5-10(13)11(14-6-7)15-8-1-2-9(15)4-3-8/h5-6,8-9H,1-4H2. The molecule has 2 aliphatic rings. The van der Waals surface area contributed by atoms with Crippen LogP contribution in [0.1, 0.15) is 25.7 Å². The number of halogens is 2. The zero-order chi connectivity index (χ0) is 10.4. The lowest BCUT2D eigenvalue weighted by Crippen LogP contribution is -2.29. The molecule has 2 bridgehead atoms. The van der Waals surface area contributed by atoms with E-state index in [1.165, 1.54) is 25.7 Å². The van der Waals surface area contributed by atoms with Gasteiger partial charge >= 0.3 is 0 Å². The van der Waals surface area contributed by atoms with Gasteiger partial charge in [0.15, 0.2) is 0 Å². The molecule has 0 amide bonds. The van der Waals surface area contributed by atoms with Crippen molar-refractivity contribution in [3.05, 3.63) is 21.8 Å². The number of anilines is 1. The summed E-state index contributed by atoms with van der Waals surface area (Å²) in [6, 6.07) is 3.30. The number of aromatic nitrogens is 1. The molecule has 1 aromatic rings. The zero-order valence-corrected chi connectivity index (χ0v) is 10.6. The first-order valence-corrected chi connectivity index (χ1v) is 6.52. The van der Waals surface area contributed by atoms with E-state index in [1.807, 2.05) is 12.3 Å². The summed E-state index contributed by atoms with van der Waals surface area (Å²) in [5, 5.41) is 0.767. The number of fused-ring (bicyclic) bond motifs is 2. The summed E-state index contributed by atoms with van der Waals surface area (Å²) in [5.74, 6) is 0.977. The number of hydrogen-bond acceptors (Lipinski definition) is 2. The fourth-order valence-electron chi connectivity index (χ4n) is 2.86. The smallest absolute Gasteiger partial charge is 0.147 e. The summed E-state index contributed by atoms with van der Waals surface area (Å²) in [4.78, 5) is 6.87. The molecule has 2 aliphatic heterocycles. The number of nitrogens with zero attached hydrogens (tertiary/aromatic N) is 2. The fourth-order valence-corrected chi connectivity index (χ4v) is 3.58. The predicted molar refractivity (Wildman–Crippen MR) is 65.5 cm³/mol. The van der Waals surface area contributed by atoms with Gasteiger partial charge in [-0.15, -0.1) is 0 Å². The van der Waals surface area contributed by atoms with Gasteiger partial charge in [-0.05, 0) is 47.7 Å². The van der Waals surface area contributed by atoms with Gasteiger partial charge in [-0.3, -0.25) is 0 Å². The van der Waals surface area contributed by atoms with Crippen LogP contribution in [0.15, 0.2) is 16.7 Å². The molecular weight excluding hydrogens is 275 g/mol. The van der Waals surface area contributed by atoms with E-state index in [-0.39, 0.29) is 0 Å². The molecule has 2 saturated heterocycles. The Morgan fingerprint density at radius 1 is 1.27 bits per heavy atom. The molecule has 15 heavy (non-hydrogen) atoms. The van der Waals surface area contributed by atoms with Crippen molar-refractivity contribution in [2.75, 3.05) is 4.90 Å². The zero-order valence-electron chi connectivity index (χ0n) is 8.29. The first-order chi connectivity index (χ1) is 7.25. The highest BCUT2D eigenvalue weighted by Gasteiger charge is 2.40. The van der Waals surface area contributed by atoms with Crippen molar-refractivity contribution in [1.82, 2.24) is 4.98 Å². The van der Waals surface area contributed by atoms with Crippen LogP contribution in [0.4, 0.5) is 5.82 Å². The van der Waals surface area contributed by atoms with E-state index < -0.39 is 0 Å². The fraction of sp³-hybridized carbons (Fsp3) is 0.545. The molecule has 0 aliphatic carbocycles. The minimum atomic E-state index is 0.682. The molecule has 0 N–H and O–H groups in total. The van der Waals surface area contributed by atoms with Crippen LogP contribution >= 0.6 is 27.5 Å². The second-order valence-corrected chi connectivity index (χ2v) is 5.65. The molecule has 2 fully saturated rings. The summed E-state index contributed by atoms with van der Waals surface area (Å²) in [6.07, 6.45) is 7.05. The maximum Gasteiger partial charge on any atom is 0.147 e. The Morgan fingerprint density at radius 3 is 2.40 bits per heavy atom. The van der Waals surface area contributed by atoms with E-state index in [0.29, 0.717) is 12.1 Å². The van der Waals surface area contributed by atoms with Gasteiger partial charge in [0.2, 0.25) is 0 Å². The quantitative estimate of drug-likeness (QED) is 0.784. The molecule has 0 spiro atoms. The summed E-state index contributed by atoms with van der Waals surface area (Å²) in [6.45, 7) is 0. The van der Waals surface area contributed by atoms with Crippen LogP contribution in [0.25, 0.3) is 0 Å². The average molecular weight is 288 g/mol. The molecule has 0 saturated carbocycles. The van der Waals surface area contributed by atoms with Gasteiger partial charge in [-0.25, -0.2) is 4.98 Å². The normalized spacial score (nSPS) is 28.8. The van der Waals surface area contributed by atoms with Crippen molar-refractivity contribution >= 4 is 33.3 Å². The highest BCUT2D eigenvalue weighted by atomic mass is 79.9. The topological polar surface area (TPSA) is 16.1 Å². The third kappa shape index (κ3) is 1.56. The van der Waals surface area contributed by atoms with Crippen molar-refractivity contribution in [3.63, 3.8) is 0 Å². The molecule has 0 aromatic carbocycles. The SMILES string of the molecule is Clc1cc(Br)cnc1N1C2CCC1CC2. The van der Waals surface area contributed by atoms with Crippen molar-refractivity contribution in [2.24, 2.45) is 0 Å². The van der Waals surface area contributed by atoms with Crippen molar-refractivity contribution in [1.29, 1.82) is 0 Å². The largest absolute Gasteiger partial charge is 0.349 e. The van der Waals surface area contributed by atoms with Crippen LogP contribution in [0.3, 0.4) is 0 Å². The lowest BCUT2D eigenvalue weighted by atomic mass is 10.0. The van der Waals surface area contributed by atoms with E-state index in [2.05, 4.69) is 25.8 Å². The van der Waals surface area contributed by atoms with E-state index in [9.17, 15) is 0 Å². The van der Waals surface area contributed by atoms with Crippen LogP contribution in [0.5, 0.6) is 0 Å². The van der Waals surface area contributed by atoms with E-state index in [0.717, 1.165) is 15.3 Å². The molecule has 80 valence electrons. The van der Waals surface area contributed by atoms with Gasteiger partial charge in [-0.2, -0.15) is 0 Å². The highest BCUT2D eigenvalue weighted by Crippen LogP contribution is 2.42. The summed E-state index contributed by atoms with van der Waals surface area (Å²) < 4.78 is 0.947. The Balaban J connectivity index is 1.99. The average Bonchev–Trinajstić information content (AvgIpc) is 2.78. The summed E-state index contributed by atoms with van der Waals surface area (Å²) in [5.41, 5.74) is 0. The third-order valence-electron chi connectivity index (χ3n) is 3.49. The Hall–Kier alpha value is -0.280. The van der Waals surface area contributed by atoms with E-state index in [4.69, 9.17) is 11.6 Å². The molecule has 2 nitrogen and oxygen atoms in total. The molecule has 4 heteroatoms. The molecule has 0 radical (unpaired) electrons. The molecule has 3 rings (SSSR count). The summed E-state index contributed by atoms with van der Waals surface area (Å²) in [7, 11) is 0. The maximum atomic E-state index is 6.23. The minimum absolute atomic E-state index is 0.682. The Labute approximate surface area is 103 Å². The van der Waals surface area contributed by atoms with Crippen molar-refractivity contribution < 1.29 is 0 Å². The Bertz CT molecular complexity index is 376. The molecular formula is C11H12BrClN2. The van der Waals surface area contributed by atoms with Crippen LogP contribution in [-0.2, 0) is 0 Å². The second kappa shape index (κ2) is 3.63. The van der Waals surface area contributed by atoms with Gasteiger partial charge in [-0.1, -0.05) is 11.6 Å². The molecule has 1 aromatic heterocycles. The Morgan fingerprint density at radius 2 is 1.87 bits per heavy atom. The van der Waals surface area contributed by atoms with Gasteiger partial charge < -0.3 is 4.90 Å². The lowest BCUT2D eigenvalue weighted by Gasteiger charge is -2.24. The maximum absolute atomic E-state index is 6.23. The number of rotatable bonds is 1. The van der Waals surface area contributed by atoms with Crippen molar-refractivity contribution in [3.8, 4) is 0 Å². The number of pyridine rings is 1. The van der Waals surface area contributed by atoms with Crippen LogP contribution < -0.4 is 4.90 Å². The van der Waals surface area contributed by atoms with E-state index >= 15 is 0 Å². The predicted octanol–water partition coefficient (Wildman–Crippen LogP) is 3.63. The van der Waals surface area contributed by atoms with Crippen LogP contribution in [0.2, 0.25) is 5.02 Å². The second-order valence-electron chi connectivity index (χ2n) is 4.33. The van der Waals surface area contributed by atoms with E-state index in [1.54, 1.807) is 0 Å². The van der Waals surface area contributed by atoms with Gasteiger partial charge in [0.05, 0.1) is 5.02 Å². The minimum Gasteiger partial charge on any atom is -0.349 e. The Kier molecular flexibility index (Phi) is 2.40. The van der Waals surface area contributed by atoms with Gasteiger partial charge in [0.1, 0.15) is 5.82 Å². The third-order valence-corrected chi connectivity index (χ3v) is 4.20. The summed E-state index contributed by atoms with van der Waals surface area (Å²) >= 11 is 9.62. The monoisotopic (exact) mass is 286 g/mol. The number of hydrogen-bond donors (Lipinski definition) is 0. The van der Waals surface area contributed by atoms with Gasteiger partial charge in [0.25, 0.3) is 0 Å². The van der Waals surface area contributed by atoms with Crippen LogP contribution in [-0.4, -0.2) is 17.1 Å². The van der Waals surface area contributed by atoms with Gasteiger partial charge in [0, 0.05) is 22.8 Å². The highest BCUT2D eigenvalue weighted by molar-refractivity contribution is 9.10. The molecule has 3 heterocycles. The van der Waals surface area contributed by atoms with Crippen LogP contribution in [0, 0.1) is 0 Å². The van der Waals surface area contributed by atoms with Crippen molar-refractivity contribution in [2.45, 2.75) is 37.8 Å².